The first-order valence-corrected chi connectivity index (χ1v) is 8.79. The highest BCUT2D eigenvalue weighted by Gasteiger charge is 2.34. The van der Waals surface area contributed by atoms with Gasteiger partial charge in [-0.3, -0.25) is 0 Å². The molecule has 0 spiro atoms. The van der Waals surface area contributed by atoms with Gasteiger partial charge in [-0.2, -0.15) is 5.21 Å². The molecule has 2 aromatic rings. The predicted octanol–water partition coefficient (Wildman–Crippen LogP) is 3.37. The Morgan fingerprint density at radius 1 is 1.28 bits per heavy atom. The molecular formula is C16H18F2N4O2S. The normalized spacial score (nSPS) is 16.7. The Bertz CT molecular complexity index is 726. The molecular weight excluding hydrogens is 350 g/mol. The molecule has 1 saturated heterocycles. The van der Waals surface area contributed by atoms with Crippen LogP contribution < -0.4 is 4.90 Å². The first kappa shape index (κ1) is 17.7. The van der Waals surface area contributed by atoms with Crippen molar-refractivity contribution in [2.75, 3.05) is 24.6 Å². The maximum absolute atomic E-state index is 13.2. The Balaban J connectivity index is 1.66. The molecule has 6 nitrogen and oxygen atoms in total. The van der Waals surface area contributed by atoms with Crippen LogP contribution in [-0.2, 0) is 4.74 Å². The second kappa shape index (κ2) is 7.38. The summed E-state index contributed by atoms with van der Waals surface area (Å²) in [4.78, 5) is 14.6. The highest BCUT2D eigenvalue weighted by Crippen LogP contribution is 2.33. The molecule has 0 unspecified atom stereocenters. The summed E-state index contributed by atoms with van der Waals surface area (Å²) >= 11 is 1.29. The maximum Gasteiger partial charge on any atom is 0.361 e. The smallest absolute Gasteiger partial charge is 0.361 e. The van der Waals surface area contributed by atoms with Gasteiger partial charge in [0.05, 0.1) is 6.61 Å². The zero-order chi connectivity index (χ0) is 17.9. The average Bonchev–Trinajstić information content (AvgIpc) is 3.04. The fourth-order valence-electron chi connectivity index (χ4n) is 2.55. The summed E-state index contributed by atoms with van der Waals surface area (Å²) in [6.45, 7) is 2.67. The zero-order valence-electron chi connectivity index (χ0n) is 13.7. The van der Waals surface area contributed by atoms with Gasteiger partial charge in [0.1, 0.15) is 0 Å². The van der Waals surface area contributed by atoms with Gasteiger partial charge in [0.15, 0.2) is 5.03 Å². The largest absolute Gasteiger partial charge is 0.461 e. The molecule has 3 rings (SSSR count). The van der Waals surface area contributed by atoms with Crippen molar-refractivity contribution in [3.8, 4) is 0 Å². The lowest BCUT2D eigenvalue weighted by Crippen LogP contribution is -2.39. The molecule has 1 aromatic carbocycles. The number of esters is 1. The predicted molar refractivity (Wildman–Crippen MR) is 89.3 cm³/mol. The third-order valence-corrected chi connectivity index (χ3v) is 4.88. The van der Waals surface area contributed by atoms with Crippen LogP contribution in [-0.4, -0.2) is 47.0 Å². The average molecular weight is 368 g/mol. The van der Waals surface area contributed by atoms with Crippen molar-refractivity contribution >= 4 is 23.4 Å². The molecule has 134 valence electrons. The molecule has 25 heavy (non-hydrogen) atoms. The summed E-state index contributed by atoms with van der Waals surface area (Å²) in [7, 11) is 0. The minimum atomic E-state index is -2.55. The van der Waals surface area contributed by atoms with Crippen LogP contribution in [0.15, 0.2) is 34.2 Å². The summed E-state index contributed by atoms with van der Waals surface area (Å²) < 4.78 is 31.4. The van der Waals surface area contributed by atoms with Crippen LogP contribution >= 0.6 is 11.8 Å². The molecule has 1 aliphatic rings. The molecule has 0 aliphatic carbocycles. The number of halogens is 2. The van der Waals surface area contributed by atoms with Gasteiger partial charge >= 0.3 is 5.97 Å². The minimum absolute atomic E-state index is 0.120. The number of rotatable bonds is 5. The number of carbonyl (C=O) groups excluding carboxylic acids is 1. The number of hydrogen-bond donors (Lipinski definition) is 1. The van der Waals surface area contributed by atoms with Crippen molar-refractivity contribution in [2.45, 2.75) is 35.6 Å². The fraction of sp³-hybridized carbons (Fsp3) is 0.438. The lowest BCUT2D eigenvalue weighted by Gasteiger charge is -2.33. The number of nitrogens with zero attached hydrogens (tertiary/aromatic N) is 3. The van der Waals surface area contributed by atoms with Gasteiger partial charge in [0.2, 0.25) is 5.69 Å². The van der Waals surface area contributed by atoms with E-state index in [2.05, 4.69) is 15.4 Å². The molecule has 2 heterocycles. The van der Waals surface area contributed by atoms with Crippen LogP contribution in [0.25, 0.3) is 0 Å². The van der Waals surface area contributed by atoms with E-state index in [-0.39, 0.29) is 25.1 Å². The Morgan fingerprint density at radius 3 is 2.60 bits per heavy atom. The van der Waals surface area contributed by atoms with E-state index in [9.17, 15) is 13.6 Å². The first-order valence-electron chi connectivity index (χ1n) is 7.97. The number of nitrogens with one attached hydrogen (secondary N) is 1. The number of ether oxygens (including phenoxy) is 1. The summed E-state index contributed by atoms with van der Waals surface area (Å²) in [5.74, 6) is -3.08. The van der Waals surface area contributed by atoms with Crippen molar-refractivity contribution in [1.82, 2.24) is 15.4 Å². The van der Waals surface area contributed by atoms with E-state index in [1.165, 1.54) is 11.8 Å². The molecule has 0 bridgehead atoms. The van der Waals surface area contributed by atoms with Crippen LogP contribution in [0.5, 0.6) is 0 Å². The van der Waals surface area contributed by atoms with Gasteiger partial charge < -0.3 is 9.64 Å². The van der Waals surface area contributed by atoms with E-state index in [1.54, 1.807) is 6.92 Å². The summed E-state index contributed by atoms with van der Waals surface area (Å²) in [6.07, 6.45) is -0.239. The number of hydrogen-bond acceptors (Lipinski definition) is 6. The third-order valence-electron chi connectivity index (χ3n) is 3.90. The molecule has 1 aromatic heterocycles. The second-order valence-electron chi connectivity index (χ2n) is 5.64. The van der Waals surface area contributed by atoms with Crippen molar-refractivity contribution in [3.05, 3.63) is 30.0 Å². The lowest BCUT2D eigenvalue weighted by molar-refractivity contribution is -0.0220. The Kier molecular flexibility index (Phi) is 5.22. The van der Waals surface area contributed by atoms with Gasteiger partial charge in [-0.15, -0.1) is 10.2 Å². The summed E-state index contributed by atoms with van der Waals surface area (Å²) in [5.41, 5.74) is 1.06. The van der Waals surface area contributed by atoms with Crippen molar-refractivity contribution in [3.63, 3.8) is 0 Å². The molecule has 0 saturated carbocycles. The van der Waals surface area contributed by atoms with Crippen LogP contribution in [0, 0.1) is 0 Å². The number of piperidine rings is 1. The molecule has 9 heteroatoms. The van der Waals surface area contributed by atoms with Gasteiger partial charge in [-0.1, -0.05) is 11.8 Å². The number of H-pyrrole nitrogens is 1. The first-order chi connectivity index (χ1) is 12.0. The summed E-state index contributed by atoms with van der Waals surface area (Å²) in [6, 6.07) is 7.51. The van der Waals surface area contributed by atoms with Gasteiger partial charge in [-0.05, 0) is 31.2 Å². The number of aromatic nitrogens is 3. The number of aromatic amines is 1. The molecule has 1 N–H and O–H groups in total. The van der Waals surface area contributed by atoms with Gasteiger partial charge in [0.25, 0.3) is 5.92 Å². The van der Waals surface area contributed by atoms with Crippen LogP contribution in [0.4, 0.5) is 14.5 Å². The monoisotopic (exact) mass is 368 g/mol. The van der Waals surface area contributed by atoms with E-state index in [4.69, 9.17) is 4.74 Å². The molecule has 0 radical (unpaired) electrons. The van der Waals surface area contributed by atoms with E-state index in [1.807, 2.05) is 29.2 Å². The molecule has 1 fully saturated rings. The Morgan fingerprint density at radius 2 is 1.96 bits per heavy atom. The fourth-order valence-corrected chi connectivity index (χ4v) is 3.36. The van der Waals surface area contributed by atoms with Crippen LogP contribution in [0.1, 0.15) is 30.3 Å². The van der Waals surface area contributed by atoms with Crippen molar-refractivity contribution < 1.29 is 18.3 Å². The van der Waals surface area contributed by atoms with E-state index >= 15 is 0 Å². The zero-order valence-corrected chi connectivity index (χ0v) is 14.5. The third kappa shape index (κ3) is 4.28. The second-order valence-corrected chi connectivity index (χ2v) is 6.70. The van der Waals surface area contributed by atoms with Crippen LogP contribution in [0.3, 0.4) is 0 Å². The maximum atomic E-state index is 13.2. The van der Waals surface area contributed by atoms with Crippen molar-refractivity contribution in [1.29, 1.82) is 0 Å². The topological polar surface area (TPSA) is 71.1 Å². The number of alkyl halides is 2. The standard InChI is InChI=1S/C16H18F2N4O2S/c1-2-24-15(23)13-14(20-21-19-13)25-12-5-3-11(4-6-12)22-9-7-16(17,18)8-10-22/h3-6H,2,7-10H2,1H3,(H,19,20,21). The van der Waals surface area contributed by atoms with Crippen molar-refractivity contribution in [2.24, 2.45) is 0 Å². The number of benzene rings is 1. The van der Waals surface area contributed by atoms with Gasteiger partial charge in [0, 0.05) is 36.5 Å². The van der Waals surface area contributed by atoms with Gasteiger partial charge in [-0.25, -0.2) is 13.6 Å². The van der Waals surface area contributed by atoms with Crippen LogP contribution in [0.2, 0.25) is 0 Å². The number of anilines is 1. The molecule has 0 amide bonds. The summed E-state index contributed by atoms with van der Waals surface area (Å²) in [5, 5.41) is 10.7. The highest BCUT2D eigenvalue weighted by atomic mass is 32.2. The van der Waals surface area contributed by atoms with E-state index in [0.29, 0.717) is 18.1 Å². The lowest BCUT2D eigenvalue weighted by atomic mass is 10.1. The molecule has 0 atom stereocenters. The minimum Gasteiger partial charge on any atom is -0.461 e. The quantitative estimate of drug-likeness (QED) is 0.816. The number of carbonyl (C=O) groups is 1. The highest BCUT2D eigenvalue weighted by molar-refractivity contribution is 7.99. The Labute approximate surface area is 147 Å². The Hall–Kier alpha value is -2.16. The molecule has 1 aliphatic heterocycles. The SMILES string of the molecule is CCOC(=O)c1n[nH]nc1Sc1ccc(N2CCC(F)(F)CC2)cc1. The van der Waals surface area contributed by atoms with E-state index in [0.717, 1.165) is 10.6 Å². The van der Waals surface area contributed by atoms with E-state index < -0.39 is 11.9 Å².